The zero-order chi connectivity index (χ0) is 15.5. The number of rotatable bonds is 11. The monoisotopic (exact) mass is 418 g/mol. The topological polar surface area (TPSA) is 24.9 Å². The standard InChI is InChI=1S/C17H28Br2N2/c1-3-4-5-6-7-8-9-10-11-16(20-2)17-15(19)12-14(18)13-21-17/h12-13,16,20H,3-11H2,1-2H3. The summed E-state index contributed by atoms with van der Waals surface area (Å²) in [6.45, 7) is 2.27. The summed E-state index contributed by atoms with van der Waals surface area (Å²) in [6.07, 6.45) is 13.9. The molecule has 4 heteroatoms. The van der Waals surface area contributed by atoms with Crippen molar-refractivity contribution in [1.29, 1.82) is 0 Å². The Morgan fingerprint density at radius 2 is 1.67 bits per heavy atom. The van der Waals surface area contributed by atoms with Gasteiger partial charge in [-0.2, -0.15) is 0 Å². The van der Waals surface area contributed by atoms with Gasteiger partial charge in [0.25, 0.3) is 0 Å². The van der Waals surface area contributed by atoms with E-state index in [4.69, 9.17) is 0 Å². The Morgan fingerprint density at radius 3 is 2.24 bits per heavy atom. The molecule has 0 aliphatic heterocycles. The van der Waals surface area contributed by atoms with Crippen LogP contribution in [0.25, 0.3) is 0 Å². The minimum atomic E-state index is 0.340. The molecule has 0 amide bonds. The molecule has 1 unspecified atom stereocenters. The van der Waals surface area contributed by atoms with Crippen molar-refractivity contribution < 1.29 is 0 Å². The third kappa shape index (κ3) is 7.75. The number of unbranched alkanes of at least 4 members (excludes halogenated alkanes) is 7. The van der Waals surface area contributed by atoms with Gasteiger partial charge in [0.2, 0.25) is 0 Å². The molecule has 0 spiro atoms. The molecular weight excluding hydrogens is 392 g/mol. The lowest BCUT2D eigenvalue weighted by molar-refractivity contribution is 0.485. The maximum absolute atomic E-state index is 4.54. The molecule has 0 fully saturated rings. The summed E-state index contributed by atoms with van der Waals surface area (Å²) in [4.78, 5) is 4.54. The van der Waals surface area contributed by atoms with Crippen molar-refractivity contribution in [1.82, 2.24) is 10.3 Å². The van der Waals surface area contributed by atoms with E-state index in [0.717, 1.165) is 21.1 Å². The summed E-state index contributed by atoms with van der Waals surface area (Å²) < 4.78 is 2.09. The number of aromatic nitrogens is 1. The maximum Gasteiger partial charge on any atom is 0.0715 e. The van der Waals surface area contributed by atoms with Gasteiger partial charge in [0.15, 0.2) is 0 Å². The SMILES string of the molecule is CCCCCCCCCCC(NC)c1ncc(Br)cc1Br. The summed E-state index contributed by atoms with van der Waals surface area (Å²) in [6, 6.07) is 2.41. The number of hydrogen-bond acceptors (Lipinski definition) is 2. The van der Waals surface area contributed by atoms with Crippen LogP contribution in [0.15, 0.2) is 21.2 Å². The van der Waals surface area contributed by atoms with Crippen LogP contribution in [0.4, 0.5) is 0 Å². The van der Waals surface area contributed by atoms with Crippen LogP contribution in [-0.4, -0.2) is 12.0 Å². The molecule has 0 radical (unpaired) electrons. The molecule has 0 aliphatic carbocycles. The second kappa shape index (κ2) is 11.6. The van der Waals surface area contributed by atoms with Crippen molar-refractivity contribution >= 4 is 31.9 Å². The minimum absolute atomic E-state index is 0.340. The van der Waals surface area contributed by atoms with Gasteiger partial charge in [0.1, 0.15) is 0 Å². The van der Waals surface area contributed by atoms with Crippen molar-refractivity contribution in [2.75, 3.05) is 7.05 Å². The Hall–Kier alpha value is 0.0700. The van der Waals surface area contributed by atoms with Crippen molar-refractivity contribution in [3.63, 3.8) is 0 Å². The number of pyridine rings is 1. The van der Waals surface area contributed by atoms with Crippen LogP contribution in [0.5, 0.6) is 0 Å². The molecule has 1 atom stereocenters. The molecule has 2 nitrogen and oxygen atoms in total. The molecule has 0 aliphatic rings. The first-order chi connectivity index (χ1) is 10.2. The summed E-state index contributed by atoms with van der Waals surface area (Å²) >= 11 is 7.07. The lowest BCUT2D eigenvalue weighted by Gasteiger charge is -2.17. The van der Waals surface area contributed by atoms with E-state index in [1.54, 1.807) is 0 Å². The first-order valence-corrected chi connectivity index (χ1v) is 9.75. The Labute approximate surface area is 146 Å². The van der Waals surface area contributed by atoms with E-state index in [1.165, 1.54) is 51.4 Å². The molecule has 0 saturated carbocycles. The molecule has 1 aromatic heterocycles. The highest BCUT2D eigenvalue weighted by Gasteiger charge is 2.14. The predicted octanol–water partition coefficient (Wildman–Crippen LogP) is 6.40. The lowest BCUT2D eigenvalue weighted by Crippen LogP contribution is -2.18. The normalized spacial score (nSPS) is 12.6. The molecule has 21 heavy (non-hydrogen) atoms. The second-order valence-electron chi connectivity index (χ2n) is 5.63. The van der Waals surface area contributed by atoms with Crippen LogP contribution in [0.1, 0.15) is 76.4 Å². The second-order valence-corrected chi connectivity index (χ2v) is 7.40. The first-order valence-electron chi connectivity index (χ1n) is 8.17. The zero-order valence-corrected chi connectivity index (χ0v) is 16.5. The van der Waals surface area contributed by atoms with Crippen LogP contribution < -0.4 is 5.32 Å². The van der Waals surface area contributed by atoms with Crippen molar-refractivity contribution in [2.24, 2.45) is 0 Å². The predicted molar refractivity (Wildman–Crippen MR) is 98.7 cm³/mol. The highest BCUT2D eigenvalue weighted by Crippen LogP contribution is 2.27. The average Bonchev–Trinajstić information content (AvgIpc) is 2.47. The van der Waals surface area contributed by atoms with E-state index in [-0.39, 0.29) is 0 Å². The Morgan fingerprint density at radius 1 is 1.05 bits per heavy atom. The molecule has 120 valence electrons. The van der Waals surface area contributed by atoms with E-state index in [1.807, 2.05) is 13.2 Å². The van der Waals surface area contributed by atoms with Crippen molar-refractivity contribution in [2.45, 2.75) is 70.8 Å². The molecule has 1 heterocycles. The maximum atomic E-state index is 4.54. The smallest absolute Gasteiger partial charge is 0.0715 e. The van der Waals surface area contributed by atoms with Crippen molar-refractivity contribution in [3.05, 3.63) is 26.9 Å². The fraction of sp³-hybridized carbons (Fsp3) is 0.706. The molecule has 1 rings (SSSR count). The van der Waals surface area contributed by atoms with Gasteiger partial charge in [-0.15, -0.1) is 0 Å². The van der Waals surface area contributed by atoms with Gasteiger partial charge in [-0.3, -0.25) is 4.98 Å². The first kappa shape index (κ1) is 19.1. The number of hydrogen-bond donors (Lipinski definition) is 1. The van der Waals surface area contributed by atoms with E-state index in [2.05, 4.69) is 55.2 Å². The van der Waals surface area contributed by atoms with Crippen LogP contribution in [0.2, 0.25) is 0 Å². The quantitative estimate of drug-likeness (QED) is 0.419. The van der Waals surface area contributed by atoms with Gasteiger partial charge in [-0.25, -0.2) is 0 Å². The number of nitrogens with one attached hydrogen (secondary N) is 1. The minimum Gasteiger partial charge on any atom is -0.312 e. The van der Waals surface area contributed by atoms with Gasteiger partial charge in [-0.05, 0) is 51.4 Å². The Kier molecular flexibility index (Phi) is 10.6. The van der Waals surface area contributed by atoms with Crippen LogP contribution in [0.3, 0.4) is 0 Å². The van der Waals surface area contributed by atoms with Crippen LogP contribution in [0, 0.1) is 0 Å². The van der Waals surface area contributed by atoms with E-state index in [0.29, 0.717) is 6.04 Å². The fourth-order valence-electron chi connectivity index (χ4n) is 2.58. The fourth-order valence-corrected chi connectivity index (χ4v) is 3.85. The largest absolute Gasteiger partial charge is 0.312 e. The van der Waals surface area contributed by atoms with Gasteiger partial charge in [-0.1, -0.05) is 58.3 Å². The van der Waals surface area contributed by atoms with Crippen LogP contribution in [-0.2, 0) is 0 Å². The number of halogens is 2. The van der Waals surface area contributed by atoms with Gasteiger partial charge < -0.3 is 5.32 Å². The average molecular weight is 420 g/mol. The van der Waals surface area contributed by atoms with E-state index >= 15 is 0 Å². The summed E-state index contributed by atoms with van der Waals surface area (Å²) in [5, 5.41) is 3.39. The highest BCUT2D eigenvalue weighted by molar-refractivity contribution is 9.11. The molecule has 1 aromatic rings. The third-order valence-corrected chi connectivity index (χ3v) is 4.93. The van der Waals surface area contributed by atoms with Crippen molar-refractivity contribution in [3.8, 4) is 0 Å². The summed E-state index contributed by atoms with van der Waals surface area (Å²) in [5.74, 6) is 0. The molecule has 0 bridgehead atoms. The van der Waals surface area contributed by atoms with Gasteiger partial charge in [0, 0.05) is 15.1 Å². The summed E-state index contributed by atoms with van der Waals surface area (Å²) in [5.41, 5.74) is 1.11. The Balaban J connectivity index is 2.25. The lowest BCUT2D eigenvalue weighted by atomic mass is 10.0. The molecule has 1 N–H and O–H groups in total. The third-order valence-electron chi connectivity index (χ3n) is 3.86. The molecule has 0 aromatic carbocycles. The Bertz CT molecular complexity index is 396. The molecule has 0 saturated heterocycles. The van der Waals surface area contributed by atoms with Gasteiger partial charge >= 0.3 is 0 Å². The highest BCUT2D eigenvalue weighted by atomic mass is 79.9. The molecular formula is C17H28Br2N2. The summed E-state index contributed by atoms with van der Waals surface area (Å²) in [7, 11) is 2.02. The van der Waals surface area contributed by atoms with E-state index in [9.17, 15) is 0 Å². The van der Waals surface area contributed by atoms with Crippen LogP contribution >= 0.6 is 31.9 Å². The van der Waals surface area contributed by atoms with E-state index < -0.39 is 0 Å². The van der Waals surface area contributed by atoms with Gasteiger partial charge in [0.05, 0.1) is 11.7 Å². The number of nitrogens with zero attached hydrogens (tertiary/aromatic N) is 1. The zero-order valence-electron chi connectivity index (χ0n) is 13.3.